The number of nitrogens with zero attached hydrogens (tertiary/aromatic N) is 1. The molecule has 3 nitrogen and oxygen atoms in total. The Labute approximate surface area is 216 Å². The van der Waals surface area contributed by atoms with Crippen molar-refractivity contribution in [3.05, 3.63) is 121 Å². The first-order chi connectivity index (χ1) is 17.5. The number of rotatable bonds is 10. The predicted octanol–water partition coefficient (Wildman–Crippen LogP) is 8.51. The molecule has 0 radical (unpaired) electrons. The molecule has 1 atom stereocenters. The zero-order valence-electron chi connectivity index (χ0n) is 22.3. The molecule has 1 aromatic heterocycles. The second kappa shape index (κ2) is 13.5. The number of hydrogen-bond acceptors (Lipinski definition) is 2. The normalized spacial score (nSPS) is 12.2. The van der Waals surface area contributed by atoms with E-state index in [1.165, 1.54) is 38.4 Å². The van der Waals surface area contributed by atoms with E-state index in [9.17, 15) is 0 Å². The van der Waals surface area contributed by atoms with E-state index in [4.69, 9.17) is 4.74 Å². The molecule has 188 valence electrons. The summed E-state index contributed by atoms with van der Waals surface area (Å²) in [5, 5.41) is 7.68. The summed E-state index contributed by atoms with van der Waals surface area (Å²) in [5.41, 5.74) is 5.29. The zero-order valence-corrected chi connectivity index (χ0v) is 22.3. The van der Waals surface area contributed by atoms with Crippen molar-refractivity contribution < 1.29 is 4.74 Å². The Morgan fingerprint density at radius 3 is 2.47 bits per heavy atom. The van der Waals surface area contributed by atoms with Gasteiger partial charge in [0.2, 0.25) is 0 Å². The van der Waals surface area contributed by atoms with Crippen molar-refractivity contribution in [2.24, 2.45) is 0 Å². The van der Waals surface area contributed by atoms with Crippen LogP contribution in [0.3, 0.4) is 0 Å². The van der Waals surface area contributed by atoms with Crippen molar-refractivity contribution in [2.75, 3.05) is 7.11 Å². The topological polar surface area (TPSA) is 26.2 Å². The molecule has 4 rings (SSSR count). The zero-order chi connectivity index (χ0) is 25.9. The minimum absolute atomic E-state index is 0.272. The average Bonchev–Trinajstić information content (AvgIpc) is 3.27. The van der Waals surface area contributed by atoms with Crippen molar-refractivity contribution in [3.8, 4) is 0 Å². The summed E-state index contributed by atoms with van der Waals surface area (Å²) in [6, 6.07) is 22.3. The van der Waals surface area contributed by atoms with Gasteiger partial charge in [0.05, 0.1) is 12.9 Å². The van der Waals surface area contributed by atoms with Crippen LogP contribution < -0.4 is 5.32 Å². The number of hydrogen-bond donors (Lipinski definition) is 1. The smallest absolute Gasteiger partial charge is 0.0888 e. The van der Waals surface area contributed by atoms with E-state index in [1.54, 1.807) is 7.11 Å². The van der Waals surface area contributed by atoms with Crippen LogP contribution in [0.5, 0.6) is 0 Å². The molecule has 0 aliphatic rings. The molecule has 0 fully saturated rings. The summed E-state index contributed by atoms with van der Waals surface area (Å²) < 4.78 is 7.65. The van der Waals surface area contributed by atoms with E-state index in [-0.39, 0.29) is 6.04 Å². The second-order valence-corrected chi connectivity index (χ2v) is 9.00. The lowest BCUT2D eigenvalue weighted by molar-refractivity contribution is 0.292. The number of ether oxygens (including phenoxy) is 1. The molecule has 0 saturated carbocycles. The van der Waals surface area contributed by atoms with E-state index in [2.05, 4.69) is 110 Å². The van der Waals surface area contributed by atoms with E-state index in [0.29, 0.717) is 0 Å². The van der Waals surface area contributed by atoms with Crippen molar-refractivity contribution in [3.63, 3.8) is 0 Å². The average molecular weight is 481 g/mol. The molecule has 0 spiro atoms. The minimum Gasteiger partial charge on any atom is -0.502 e. The van der Waals surface area contributed by atoms with Gasteiger partial charge in [-0.25, -0.2) is 0 Å². The number of aryl methyl sites for hydroxylation is 1. The molecule has 1 unspecified atom stereocenters. The van der Waals surface area contributed by atoms with Crippen LogP contribution in [-0.2, 0) is 24.2 Å². The number of fused-ring (bicyclic) bond motifs is 2. The van der Waals surface area contributed by atoms with Gasteiger partial charge in [-0.15, -0.1) is 13.2 Å². The van der Waals surface area contributed by atoms with Gasteiger partial charge in [0.25, 0.3) is 0 Å². The van der Waals surface area contributed by atoms with Gasteiger partial charge in [-0.3, -0.25) is 0 Å². The molecule has 0 bridgehead atoms. The number of aromatic nitrogens is 1. The summed E-state index contributed by atoms with van der Waals surface area (Å²) in [4.78, 5) is 0. The first-order valence-electron chi connectivity index (χ1n) is 12.8. The molecule has 1 N–H and O–H groups in total. The van der Waals surface area contributed by atoms with Crippen LogP contribution in [0.1, 0.15) is 49.9 Å². The highest BCUT2D eigenvalue weighted by atomic mass is 16.5. The van der Waals surface area contributed by atoms with E-state index in [1.807, 2.05) is 19.1 Å². The highest BCUT2D eigenvalue weighted by molar-refractivity contribution is 5.86. The summed E-state index contributed by atoms with van der Waals surface area (Å²) in [6.07, 6.45) is 9.86. The number of nitrogens with one attached hydrogen (secondary N) is 1. The van der Waals surface area contributed by atoms with Gasteiger partial charge in [0.15, 0.2) is 0 Å². The van der Waals surface area contributed by atoms with Gasteiger partial charge >= 0.3 is 0 Å². The molecule has 36 heavy (non-hydrogen) atoms. The standard InChI is InChI=1S/C28H32N2O.C5H8/c1-5-30-19-24(15-13-20(2)31-4)27-17-22(14-16-28(27)30)18-29-21(3)25-12-8-10-23-9-6-7-11-26(23)25;1-3-5-4-2/h6-14,16-17,19,21,29H,5,15,18H2,1-4H3;3-4H,1-2,5H2/b20-13+;. The maximum Gasteiger partial charge on any atom is 0.0888 e. The third-order valence-corrected chi connectivity index (χ3v) is 6.54. The van der Waals surface area contributed by atoms with Crippen molar-refractivity contribution in [1.29, 1.82) is 0 Å². The van der Waals surface area contributed by atoms with Gasteiger partial charge in [-0.1, -0.05) is 60.7 Å². The third-order valence-electron chi connectivity index (χ3n) is 6.54. The largest absolute Gasteiger partial charge is 0.502 e. The van der Waals surface area contributed by atoms with Gasteiger partial charge in [0, 0.05) is 36.2 Å². The summed E-state index contributed by atoms with van der Waals surface area (Å²) in [6.45, 7) is 15.2. The van der Waals surface area contributed by atoms with E-state index in [0.717, 1.165) is 31.7 Å². The molecule has 0 aliphatic carbocycles. The summed E-state index contributed by atoms with van der Waals surface area (Å²) in [5.74, 6) is 0.958. The monoisotopic (exact) mass is 480 g/mol. The summed E-state index contributed by atoms with van der Waals surface area (Å²) in [7, 11) is 1.72. The van der Waals surface area contributed by atoms with Crippen LogP contribution in [-0.4, -0.2) is 11.7 Å². The lowest BCUT2D eigenvalue weighted by atomic mass is 9.99. The fourth-order valence-electron chi connectivity index (χ4n) is 4.42. The fraction of sp³-hybridized carbons (Fsp3) is 0.273. The molecular formula is C33H40N2O. The van der Waals surface area contributed by atoms with Crippen LogP contribution in [0, 0.1) is 0 Å². The maximum atomic E-state index is 5.32. The van der Waals surface area contributed by atoms with Gasteiger partial charge in [-0.2, -0.15) is 0 Å². The second-order valence-electron chi connectivity index (χ2n) is 9.00. The first-order valence-corrected chi connectivity index (χ1v) is 12.8. The van der Waals surface area contributed by atoms with Crippen LogP contribution in [0.25, 0.3) is 21.7 Å². The Morgan fingerprint density at radius 1 is 1.03 bits per heavy atom. The van der Waals surface area contributed by atoms with E-state index >= 15 is 0 Å². The number of benzene rings is 3. The molecular weight excluding hydrogens is 440 g/mol. The van der Waals surface area contributed by atoms with Gasteiger partial charge in [-0.05, 0) is 79.3 Å². The fourth-order valence-corrected chi connectivity index (χ4v) is 4.42. The number of methoxy groups -OCH3 is 1. The SMILES string of the molecule is C=CCC=C.CCn1cc(C/C=C(\C)OC)c2cc(CNC(C)c3cccc4ccccc34)ccc21. The molecule has 0 aliphatic heterocycles. The Bertz CT molecular complexity index is 1320. The highest BCUT2D eigenvalue weighted by Gasteiger charge is 2.11. The maximum absolute atomic E-state index is 5.32. The lowest BCUT2D eigenvalue weighted by Gasteiger charge is -2.17. The van der Waals surface area contributed by atoms with Crippen LogP contribution >= 0.6 is 0 Å². The highest BCUT2D eigenvalue weighted by Crippen LogP contribution is 2.26. The van der Waals surface area contributed by atoms with Gasteiger partial charge in [0.1, 0.15) is 0 Å². The third kappa shape index (κ3) is 6.77. The quantitative estimate of drug-likeness (QED) is 0.182. The first kappa shape index (κ1) is 27.0. The minimum atomic E-state index is 0.272. The molecule has 4 aromatic rings. The van der Waals surface area contributed by atoms with Crippen LogP contribution in [0.2, 0.25) is 0 Å². The van der Waals surface area contributed by atoms with Crippen molar-refractivity contribution >= 4 is 21.7 Å². The molecule has 0 saturated heterocycles. The number of allylic oxidation sites excluding steroid dienone is 4. The summed E-state index contributed by atoms with van der Waals surface area (Å²) >= 11 is 0. The predicted molar refractivity (Wildman–Crippen MR) is 156 cm³/mol. The van der Waals surface area contributed by atoms with Crippen LogP contribution in [0.15, 0.2) is 104 Å². The molecule has 3 aromatic carbocycles. The van der Waals surface area contributed by atoms with Crippen LogP contribution in [0.4, 0.5) is 0 Å². The lowest BCUT2D eigenvalue weighted by Crippen LogP contribution is -2.18. The Hall–Kier alpha value is -3.56. The van der Waals surface area contributed by atoms with Gasteiger partial charge < -0.3 is 14.6 Å². The van der Waals surface area contributed by atoms with E-state index < -0.39 is 0 Å². The van der Waals surface area contributed by atoms with Crippen molar-refractivity contribution in [1.82, 2.24) is 9.88 Å². The Balaban J connectivity index is 0.000000658. The molecule has 3 heteroatoms. The Morgan fingerprint density at radius 2 is 1.78 bits per heavy atom. The Kier molecular flexibility index (Phi) is 10.1. The molecule has 1 heterocycles. The van der Waals surface area contributed by atoms with Crippen molar-refractivity contribution in [2.45, 2.75) is 52.7 Å². The molecule has 0 amide bonds.